The molecule has 0 aliphatic heterocycles. The zero-order valence-corrected chi connectivity index (χ0v) is 19.1. The Hall–Kier alpha value is -0.900. The highest BCUT2D eigenvalue weighted by atomic mass is 127. The summed E-state index contributed by atoms with van der Waals surface area (Å²) < 4.78 is 5.47. The van der Waals surface area contributed by atoms with Crippen molar-refractivity contribution in [1.29, 1.82) is 0 Å². The average Bonchev–Trinajstić information content (AvgIpc) is 3.19. The predicted octanol–water partition coefficient (Wildman–Crippen LogP) is 3.70. The molecule has 0 unspecified atom stereocenters. The standard InChI is InChI=1S/C18H30N4O2S.HI/c1-4-19-18(21-12-16-22-13(2)14(3)25-16)20-11-7-10-17(23)24-15-8-5-6-9-15;/h15H,4-12H2,1-3H3,(H2,19,20,21);1H. The number of guanidine groups is 1. The summed E-state index contributed by atoms with van der Waals surface area (Å²) >= 11 is 1.69. The highest BCUT2D eigenvalue weighted by molar-refractivity contribution is 14.0. The minimum Gasteiger partial charge on any atom is -0.462 e. The van der Waals surface area contributed by atoms with Crippen LogP contribution >= 0.6 is 35.3 Å². The van der Waals surface area contributed by atoms with Crippen LogP contribution in [0.3, 0.4) is 0 Å². The van der Waals surface area contributed by atoms with Crippen LogP contribution in [-0.4, -0.2) is 36.1 Å². The van der Waals surface area contributed by atoms with Crippen LogP contribution < -0.4 is 10.6 Å². The molecule has 0 amide bonds. The van der Waals surface area contributed by atoms with Gasteiger partial charge in [-0.2, -0.15) is 0 Å². The molecule has 148 valence electrons. The van der Waals surface area contributed by atoms with Gasteiger partial charge >= 0.3 is 5.97 Å². The number of carbonyl (C=O) groups is 1. The third kappa shape index (κ3) is 8.20. The zero-order valence-electron chi connectivity index (χ0n) is 16.0. The summed E-state index contributed by atoms with van der Waals surface area (Å²) in [6.45, 7) is 8.20. The van der Waals surface area contributed by atoms with E-state index in [1.165, 1.54) is 17.7 Å². The lowest BCUT2D eigenvalue weighted by Gasteiger charge is -2.12. The molecule has 0 atom stereocenters. The van der Waals surface area contributed by atoms with Crippen LogP contribution in [0.2, 0.25) is 0 Å². The summed E-state index contributed by atoms with van der Waals surface area (Å²) in [5, 5.41) is 7.51. The van der Waals surface area contributed by atoms with Gasteiger partial charge in [-0.05, 0) is 52.9 Å². The Balaban J connectivity index is 0.00000338. The molecule has 1 aliphatic carbocycles. The maximum Gasteiger partial charge on any atom is 0.306 e. The van der Waals surface area contributed by atoms with Gasteiger partial charge in [0.05, 0.1) is 12.2 Å². The first-order valence-electron chi connectivity index (χ1n) is 9.23. The van der Waals surface area contributed by atoms with E-state index in [9.17, 15) is 4.79 Å². The summed E-state index contributed by atoms with van der Waals surface area (Å²) in [6, 6.07) is 0. The Morgan fingerprint density at radius 1 is 1.31 bits per heavy atom. The molecule has 2 N–H and O–H groups in total. The van der Waals surface area contributed by atoms with Crippen LogP contribution in [0.5, 0.6) is 0 Å². The molecule has 0 aromatic carbocycles. The maximum atomic E-state index is 11.8. The van der Waals surface area contributed by atoms with Crippen molar-refractivity contribution in [2.75, 3.05) is 13.1 Å². The van der Waals surface area contributed by atoms with Gasteiger partial charge in [0.15, 0.2) is 5.96 Å². The van der Waals surface area contributed by atoms with Crippen molar-refractivity contribution >= 4 is 47.2 Å². The number of thiazole rings is 1. The smallest absolute Gasteiger partial charge is 0.306 e. The summed E-state index contributed by atoms with van der Waals surface area (Å²) in [6.07, 6.45) is 5.76. The van der Waals surface area contributed by atoms with Gasteiger partial charge in [-0.1, -0.05) is 0 Å². The second kappa shape index (κ2) is 12.5. The predicted molar refractivity (Wildman–Crippen MR) is 117 cm³/mol. The third-order valence-electron chi connectivity index (χ3n) is 4.24. The number of aliphatic imine (C=N–C) groups is 1. The molecule has 2 rings (SSSR count). The number of ether oxygens (including phenoxy) is 1. The van der Waals surface area contributed by atoms with Gasteiger partial charge in [0.1, 0.15) is 11.1 Å². The Morgan fingerprint density at radius 3 is 2.65 bits per heavy atom. The average molecular weight is 494 g/mol. The molecule has 1 fully saturated rings. The van der Waals surface area contributed by atoms with Gasteiger partial charge in [-0.15, -0.1) is 35.3 Å². The first-order valence-corrected chi connectivity index (χ1v) is 10.0. The zero-order chi connectivity index (χ0) is 18.1. The Morgan fingerprint density at radius 2 is 2.04 bits per heavy atom. The molecule has 0 spiro atoms. The summed E-state index contributed by atoms with van der Waals surface area (Å²) in [4.78, 5) is 22.1. The minimum atomic E-state index is -0.0793. The quantitative estimate of drug-likeness (QED) is 0.190. The van der Waals surface area contributed by atoms with Gasteiger partial charge in [0, 0.05) is 24.4 Å². The molecular weight excluding hydrogens is 463 g/mol. The number of esters is 1. The van der Waals surface area contributed by atoms with E-state index in [-0.39, 0.29) is 36.0 Å². The van der Waals surface area contributed by atoms with Gasteiger partial charge < -0.3 is 15.4 Å². The largest absolute Gasteiger partial charge is 0.462 e. The second-order valence-corrected chi connectivity index (χ2v) is 7.66. The van der Waals surface area contributed by atoms with Crippen LogP contribution in [0.15, 0.2) is 4.99 Å². The Labute approximate surface area is 177 Å². The SMILES string of the molecule is CCNC(=NCc1nc(C)c(C)s1)NCCCC(=O)OC1CCCC1.I. The van der Waals surface area contributed by atoms with Crippen molar-refractivity contribution in [3.63, 3.8) is 0 Å². The van der Waals surface area contributed by atoms with E-state index in [1.54, 1.807) is 11.3 Å². The second-order valence-electron chi connectivity index (χ2n) is 6.37. The lowest BCUT2D eigenvalue weighted by molar-refractivity contribution is -0.148. The van der Waals surface area contributed by atoms with Crippen molar-refractivity contribution < 1.29 is 9.53 Å². The van der Waals surface area contributed by atoms with Crippen LogP contribution in [0, 0.1) is 13.8 Å². The lowest BCUT2D eigenvalue weighted by atomic mass is 10.3. The van der Waals surface area contributed by atoms with E-state index in [2.05, 4.69) is 27.5 Å². The van der Waals surface area contributed by atoms with Crippen LogP contribution in [-0.2, 0) is 16.1 Å². The highest BCUT2D eigenvalue weighted by Crippen LogP contribution is 2.21. The lowest BCUT2D eigenvalue weighted by Crippen LogP contribution is -2.37. The van der Waals surface area contributed by atoms with Gasteiger partial charge in [0.25, 0.3) is 0 Å². The molecular formula is C18H31IN4O2S. The molecule has 1 aliphatic rings. The summed E-state index contributed by atoms with van der Waals surface area (Å²) in [5.74, 6) is 0.682. The number of aromatic nitrogens is 1. The minimum absolute atomic E-state index is 0. The Bertz CT molecular complexity index is 566. The molecule has 8 heteroatoms. The van der Waals surface area contributed by atoms with E-state index in [4.69, 9.17) is 4.74 Å². The van der Waals surface area contributed by atoms with E-state index in [1.807, 2.05) is 13.8 Å². The highest BCUT2D eigenvalue weighted by Gasteiger charge is 2.18. The molecule has 0 saturated heterocycles. The van der Waals surface area contributed by atoms with Crippen molar-refractivity contribution in [3.8, 4) is 0 Å². The maximum absolute atomic E-state index is 11.8. The molecule has 1 saturated carbocycles. The first-order chi connectivity index (χ1) is 12.1. The fourth-order valence-corrected chi connectivity index (χ4v) is 3.64. The van der Waals surface area contributed by atoms with E-state index in [0.29, 0.717) is 19.5 Å². The van der Waals surface area contributed by atoms with Crippen LogP contribution in [0.25, 0.3) is 0 Å². The molecule has 26 heavy (non-hydrogen) atoms. The number of carbonyl (C=O) groups excluding carboxylic acids is 1. The van der Waals surface area contributed by atoms with Crippen LogP contribution in [0.4, 0.5) is 0 Å². The molecule has 0 radical (unpaired) electrons. The molecule has 0 bridgehead atoms. The number of hydrogen-bond donors (Lipinski definition) is 2. The molecule has 1 aromatic rings. The fourth-order valence-electron chi connectivity index (χ4n) is 2.79. The Kier molecular flexibility index (Phi) is 11.1. The molecule has 6 nitrogen and oxygen atoms in total. The van der Waals surface area contributed by atoms with Crippen molar-refractivity contribution in [3.05, 3.63) is 15.6 Å². The van der Waals surface area contributed by atoms with Crippen molar-refractivity contribution in [2.24, 2.45) is 4.99 Å². The number of rotatable bonds is 8. The summed E-state index contributed by atoms with van der Waals surface area (Å²) in [7, 11) is 0. The van der Waals surface area contributed by atoms with Crippen molar-refractivity contribution in [1.82, 2.24) is 15.6 Å². The first kappa shape index (κ1) is 23.1. The number of aryl methyl sites for hydroxylation is 2. The van der Waals surface area contributed by atoms with Crippen LogP contribution in [0.1, 0.15) is 61.0 Å². The molecule has 1 aromatic heterocycles. The van der Waals surface area contributed by atoms with E-state index < -0.39 is 0 Å². The number of hydrogen-bond acceptors (Lipinski definition) is 5. The van der Waals surface area contributed by atoms with E-state index in [0.717, 1.165) is 42.5 Å². The number of nitrogens with one attached hydrogen (secondary N) is 2. The van der Waals surface area contributed by atoms with Gasteiger partial charge in [0.2, 0.25) is 0 Å². The monoisotopic (exact) mass is 494 g/mol. The number of halogens is 1. The number of nitrogens with zero attached hydrogens (tertiary/aromatic N) is 2. The normalized spacial score (nSPS) is 14.8. The van der Waals surface area contributed by atoms with Gasteiger partial charge in [-0.25, -0.2) is 9.98 Å². The van der Waals surface area contributed by atoms with E-state index >= 15 is 0 Å². The topological polar surface area (TPSA) is 75.6 Å². The fraction of sp³-hybridized carbons (Fsp3) is 0.722. The van der Waals surface area contributed by atoms with Crippen molar-refractivity contribution in [2.45, 2.75) is 71.9 Å². The third-order valence-corrected chi connectivity index (χ3v) is 5.30. The molecule has 1 heterocycles. The summed E-state index contributed by atoms with van der Waals surface area (Å²) in [5.41, 5.74) is 1.08. The van der Waals surface area contributed by atoms with Gasteiger partial charge in [-0.3, -0.25) is 4.79 Å².